The molecule has 0 heterocycles. The molecule has 0 fully saturated rings. The smallest absolute Gasteiger partial charge is 0.330 e. The lowest BCUT2D eigenvalue weighted by atomic mass is 9.88. The molecular weight excluding hydrogens is 254 g/mol. The molecule has 0 bridgehead atoms. The molecule has 0 aliphatic rings. The van der Waals surface area contributed by atoms with Gasteiger partial charge in [0.2, 0.25) is 0 Å². The van der Waals surface area contributed by atoms with Gasteiger partial charge in [-0.15, -0.1) is 0 Å². The van der Waals surface area contributed by atoms with Gasteiger partial charge in [0.15, 0.2) is 0 Å². The van der Waals surface area contributed by atoms with E-state index in [1.165, 1.54) is 7.11 Å². The van der Waals surface area contributed by atoms with Crippen LogP contribution in [0.4, 0.5) is 0 Å². The van der Waals surface area contributed by atoms with Gasteiger partial charge in [0.25, 0.3) is 0 Å². The molecule has 112 valence electrons. The Hall–Kier alpha value is -1.55. The monoisotopic (exact) mass is 279 g/mol. The van der Waals surface area contributed by atoms with Crippen LogP contribution in [-0.2, 0) is 15.1 Å². The van der Waals surface area contributed by atoms with E-state index in [1.807, 2.05) is 39.0 Å². The zero-order valence-electron chi connectivity index (χ0n) is 13.2. The molecule has 0 spiro atoms. The van der Waals surface area contributed by atoms with Gasteiger partial charge in [-0.2, -0.15) is 0 Å². The highest BCUT2D eigenvalue weighted by Gasteiger charge is 2.39. The first-order valence-electron chi connectivity index (χ1n) is 6.90. The van der Waals surface area contributed by atoms with Crippen LogP contribution in [0.2, 0.25) is 0 Å². The molecule has 1 rings (SSSR count). The number of aryl methyl sites for hydroxylation is 1. The first kappa shape index (κ1) is 16.5. The Morgan fingerprint density at radius 3 is 2.55 bits per heavy atom. The van der Waals surface area contributed by atoms with Crippen LogP contribution in [0.25, 0.3) is 0 Å². The summed E-state index contributed by atoms with van der Waals surface area (Å²) in [5, 5.41) is 3.36. The second kappa shape index (κ2) is 6.75. The number of rotatable bonds is 6. The molecular formula is C16H25NO3. The van der Waals surface area contributed by atoms with Gasteiger partial charge in [-0.05, 0) is 39.3 Å². The van der Waals surface area contributed by atoms with E-state index in [1.54, 1.807) is 7.11 Å². The number of carbonyl (C=O) groups excluding carboxylic acids is 1. The molecule has 1 N–H and O–H groups in total. The molecule has 2 unspecified atom stereocenters. The summed E-state index contributed by atoms with van der Waals surface area (Å²) in [5.41, 5.74) is 0.940. The van der Waals surface area contributed by atoms with Crippen molar-refractivity contribution in [3.8, 4) is 5.75 Å². The average Bonchev–Trinajstić information content (AvgIpc) is 2.45. The SMILES string of the molecule is CCC(C)NC(C)(C(=O)OC)c1cc(C)ccc1OC. The lowest BCUT2D eigenvalue weighted by Crippen LogP contribution is -2.51. The van der Waals surface area contributed by atoms with Gasteiger partial charge in [0, 0.05) is 11.6 Å². The molecule has 0 aromatic heterocycles. The number of nitrogens with one attached hydrogen (secondary N) is 1. The molecule has 20 heavy (non-hydrogen) atoms. The molecule has 0 aliphatic carbocycles. The minimum atomic E-state index is -0.929. The largest absolute Gasteiger partial charge is 0.496 e. The minimum Gasteiger partial charge on any atom is -0.496 e. The van der Waals surface area contributed by atoms with Crippen molar-refractivity contribution in [3.63, 3.8) is 0 Å². The Balaban J connectivity index is 3.36. The maximum absolute atomic E-state index is 12.3. The standard InChI is InChI=1S/C16H25NO3/c1-7-12(3)17-16(4,15(18)20-6)13-10-11(2)8-9-14(13)19-5/h8-10,12,17H,7H2,1-6H3. The van der Waals surface area contributed by atoms with Gasteiger partial charge in [-0.25, -0.2) is 4.79 Å². The van der Waals surface area contributed by atoms with E-state index in [-0.39, 0.29) is 12.0 Å². The van der Waals surface area contributed by atoms with E-state index in [2.05, 4.69) is 12.2 Å². The van der Waals surface area contributed by atoms with Crippen LogP contribution in [0.5, 0.6) is 5.75 Å². The molecule has 0 saturated carbocycles. The number of ether oxygens (including phenoxy) is 2. The summed E-state index contributed by atoms with van der Waals surface area (Å²) in [6.07, 6.45) is 0.917. The molecule has 0 aliphatic heterocycles. The topological polar surface area (TPSA) is 47.6 Å². The van der Waals surface area contributed by atoms with Crippen molar-refractivity contribution in [2.45, 2.75) is 45.7 Å². The quantitative estimate of drug-likeness (QED) is 0.813. The van der Waals surface area contributed by atoms with Crippen LogP contribution in [0.3, 0.4) is 0 Å². The van der Waals surface area contributed by atoms with Gasteiger partial charge >= 0.3 is 5.97 Å². The zero-order valence-corrected chi connectivity index (χ0v) is 13.2. The van der Waals surface area contributed by atoms with Gasteiger partial charge in [0.1, 0.15) is 11.3 Å². The summed E-state index contributed by atoms with van der Waals surface area (Å²) < 4.78 is 10.4. The molecule has 0 amide bonds. The first-order valence-corrected chi connectivity index (χ1v) is 6.90. The van der Waals surface area contributed by atoms with E-state index < -0.39 is 5.54 Å². The van der Waals surface area contributed by atoms with Crippen LogP contribution in [0.15, 0.2) is 18.2 Å². The summed E-state index contributed by atoms with van der Waals surface area (Å²) >= 11 is 0. The molecule has 0 saturated heterocycles. The Morgan fingerprint density at radius 1 is 1.40 bits per heavy atom. The van der Waals surface area contributed by atoms with Crippen molar-refractivity contribution in [2.75, 3.05) is 14.2 Å². The third-order valence-electron chi connectivity index (χ3n) is 3.63. The van der Waals surface area contributed by atoms with Crippen molar-refractivity contribution < 1.29 is 14.3 Å². The molecule has 1 aromatic carbocycles. The Kier molecular flexibility index (Phi) is 5.57. The second-order valence-electron chi connectivity index (χ2n) is 5.27. The normalized spacial score (nSPS) is 15.3. The van der Waals surface area contributed by atoms with Crippen LogP contribution in [0.1, 0.15) is 38.3 Å². The minimum absolute atomic E-state index is 0.185. The second-order valence-corrected chi connectivity index (χ2v) is 5.27. The summed E-state index contributed by atoms with van der Waals surface area (Å²) in [6.45, 7) is 7.94. The molecule has 4 nitrogen and oxygen atoms in total. The van der Waals surface area contributed by atoms with Crippen molar-refractivity contribution >= 4 is 5.97 Å². The fraction of sp³-hybridized carbons (Fsp3) is 0.562. The summed E-state index contributed by atoms with van der Waals surface area (Å²) in [7, 11) is 3.01. The van der Waals surface area contributed by atoms with Crippen molar-refractivity contribution in [3.05, 3.63) is 29.3 Å². The van der Waals surface area contributed by atoms with Gasteiger partial charge in [-0.3, -0.25) is 5.32 Å². The van der Waals surface area contributed by atoms with Gasteiger partial charge < -0.3 is 9.47 Å². The van der Waals surface area contributed by atoms with Crippen molar-refractivity contribution in [2.24, 2.45) is 0 Å². The predicted octanol–water partition coefficient (Wildman–Crippen LogP) is 2.78. The third-order valence-corrected chi connectivity index (χ3v) is 3.63. The van der Waals surface area contributed by atoms with E-state index in [9.17, 15) is 4.79 Å². The van der Waals surface area contributed by atoms with Crippen LogP contribution in [-0.4, -0.2) is 26.2 Å². The Labute approximate surface area is 121 Å². The van der Waals surface area contributed by atoms with Crippen LogP contribution < -0.4 is 10.1 Å². The van der Waals surface area contributed by atoms with Crippen molar-refractivity contribution in [1.29, 1.82) is 0 Å². The first-order chi connectivity index (χ1) is 9.38. The number of methoxy groups -OCH3 is 2. The van der Waals surface area contributed by atoms with Gasteiger partial charge in [-0.1, -0.05) is 18.6 Å². The predicted molar refractivity (Wildman–Crippen MR) is 80.0 cm³/mol. The Morgan fingerprint density at radius 2 is 2.05 bits per heavy atom. The fourth-order valence-electron chi connectivity index (χ4n) is 2.26. The van der Waals surface area contributed by atoms with E-state index in [4.69, 9.17) is 9.47 Å². The maximum Gasteiger partial charge on any atom is 0.330 e. The summed E-state index contributed by atoms with van der Waals surface area (Å²) in [6, 6.07) is 5.99. The lowest BCUT2D eigenvalue weighted by Gasteiger charge is -2.32. The molecule has 0 radical (unpaired) electrons. The fourth-order valence-corrected chi connectivity index (χ4v) is 2.26. The average molecular weight is 279 g/mol. The van der Waals surface area contributed by atoms with Crippen LogP contribution >= 0.6 is 0 Å². The molecule has 2 atom stereocenters. The third kappa shape index (κ3) is 3.31. The lowest BCUT2D eigenvalue weighted by molar-refractivity contribution is -0.148. The highest BCUT2D eigenvalue weighted by molar-refractivity contribution is 5.83. The number of benzene rings is 1. The molecule has 1 aromatic rings. The highest BCUT2D eigenvalue weighted by Crippen LogP contribution is 2.32. The van der Waals surface area contributed by atoms with Crippen LogP contribution in [0, 0.1) is 6.92 Å². The highest BCUT2D eigenvalue weighted by atomic mass is 16.5. The van der Waals surface area contributed by atoms with E-state index >= 15 is 0 Å². The number of esters is 1. The number of carbonyl (C=O) groups is 1. The summed E-state index contributed by atoms with van der Waals surface area (Å²) in [4.78, 5) is 12.3. The number of hydrogen-bond donors (Lipinski definition) is 1. The van der Waals surface area contributed by atoms with Gasteiger partial charge in [0.05, 0.1) is 14.2 Å². The van der Waals surface area contributed by atoms with Crippen molar-refractivity contribution in [1.82, 2.24) is 5.32 Å². The van der Waals surface area contributed by atoms with E-state index in [0.29, 0.717) is 5.75 Å². The Bertz CT molecular complexity index is 473. The van der Waals surface area contributed by atoms with E-state index in [0.717, 1.165) is 17.5 Å². The molecule has 4 heteroatoms. The number of hydrogen-bond acceptors (Lipinski definition) is 4. The zero-order chi connectivity index (χ0) is 15.3. The summed E-state index contributed by atoms with van der Waals surface area (Å²) in [5.74, 6) is 0.362. The maximum atomic E-state index is 12.3.